The molecular formula is C8H11ClO4. The molecule has 74 valence electrons. The summed E-state index contributed by atoms with van der Waals surface area (Å²) in [5.74, 6) is -0.785. The fraction of sp³-hybridized carbons (Fsp3) is 0.500. The molecule has 0 rings (SSSR count). The quantitative estimate of drug-likeness (QED) is 0.650. The fourth-order valence-corrected chi connectivity index (χ4v) is 0.596. The largest absolute Gasteiger partial charge is 0.462 e. The zero-order valence-electron chi connectivity index (χ0n) is 7.50. The van der Waals surface area contributed by atoms with E-state index in [1.165, 1.54) is 19.9 Å². The van der Waals surface area contributed by atoms with Gasteiger partial charge in [-0.2, -0.15) is 0 Å². The van der Waals surface area contributed by atoms with E-state index >= 15 is 0 Å². The van der Waals surface area contributed by atoms with Gasteiger partial charge in [-0.3, -0.25) is 9.59 Å². The Bertz CT molecular complexity index is 222. The number of esters is 2. The summed E-state index contributed by atoms with van der Waals surface area (Å²) in [6.07, 6.45) is 1.46. The van der Waals surface area contributed by atoms with Crippen LogP contribution in [0.3, 0.4) is 0 Å². The second-order valence-electron chi connectivity index (χ2n) is 2.23. The molecule has 0 bridgehead atoms. The monoisotopic (exact) mass is 206 g/mol. The van der Waals surface area contributed by atoms with Crippen LogP contribution in [-0.2, 0) is 19.1 Å². The molecule has 0 fully saturated rings. The van der Waals surface area contributed by atoms with Gasteiger partial charge in [0.2, 0.25) is 0 Å². The summed E-state index contributed by atoms with van der Waals surface area (Å²) in [7, 11) is 0. The van der Waals surface area contributed by atoms with E-state index in [1.54, 1.807) is 0 Å². The van der Waals surface area contributed by atoms with Gasteiger partial charge in [0, 0.05) is 13.8 Å². The molecule has 0 aromatic rings. The van der Waals surface area contributed by atoms with Gasteiger partial charge >= 0.3 is 11.9 Å². The molecule has 13 heavy (non-hydrogen) atoms. The van der Waals surface area contributed by atoms with E-state index in [2.05, 4.69) is 9.47 Å². The average Bonchev–Trinajstić information content (AvgIpc) is 2.00. The molecule has 0 unspecified atom stereocenters. The Hall–Kier alpha value is -1.03. The van der Waals surface area contributed by atoms with Gasteiger partial charge in [0.05, 0.1) is 5.03 Å². The number of halogens is 1. The molecule has 0 aliphatic rings. The van der Waals surface area contributed by atoms with Crippen molar-refractivity contribution in [1.29, 1.82) is 0 Å². The Balaban J connectivity index is 3.63. The van der Waals surface area contributed by atoms with Crippen molar-refractivity contribution in [3.63, 3.8) is 0 Å². The lowest BCUT2D eigenvalue weighted by atomic mass is 10.5. The van der Waals surface area contributed by atoms with Crippen LogP contribution in [0.2, 0.25) is 0 Å². The molecule has 0 N–H and O–H groups in total. The lowest BCUT2D eigenvalue weighted by Crippen LogP contribution is -2.02. The van der Waals surface area contributed by atoms with Crippen LogP contribution in [0.1, 0.15) is 13.8 Å². The van der Waals surface area contributed by atoms with Crippen molar-refractivity contribution in [3.05, 3.63) is 11.1 Å². The third-order valence-corrected chi connectivity index (χ3v) is 1.27. The zero-order valence-corrected chi connectivity index (χ0v) is 8.26. The third kappa shape index (κ3) is 8.88. The summed E-state index contributed by atoms with van der Waals surface area (Å²) in [5, 5.41) is 0.330. The van der Waals surface area contributed by atoms with E-state index < -0.39 is 5.97 Å². The first-order chi connectivity index (χ1) is 6.02. The van der Waals surface area contributed by atoms with E-state index in [0.717, 1.165) is 0 Å². The molecule has 0 amide bonds. The highest BCUT2D eigenvalue weighted by atomic mass is 35.5. The van der Waals surface area contributed by atoms with Crippen molar-refractivity contribution in [3.8, 4) is 0 Å². The molecule has 0 aliphatic heterocycles. The number of hydrogen-bond acceptors (Lipinski definition) is 4. The van der Waals surface area contributed by atoms with Crippen molar-refractivity contribution in [1.82, 2.24) is 0 Å². The Morgan fingerprint density at radius 3 is 2.23 bits per heavy atom. The minimum absolute atomic E-state index is 0.0121. The number of hydrogen-bond donors (Lipinski definition) is 0. The first-order valence-corrected chi connectivity index (χ1v) is 4.01. The second kappa shape index (κ2) is 6.48. The average molecular weight is 207 g/mol. The van der Waals surface area contributed by atoms with Crippen molar-refractivity contribution >= 4 is 23.5 Å². The van der Waals surface area contributed by atoms with Crippen LogP contribution in [0.5, 0.6) is 0 Å². The van der Waals surface area contributed by atoms with Crippen LogP contribution in [0.4, 0.5) is 0 Å². The molecule has 0 heterocycles. The van der Waals surface area contributed by atoms with E-state index in [9.17, 15) is 9.59 Å². The standard InChI is InChI=1S/C8H11ClO4/c1-6(10)12-4-3-8(9)5-13-7(2)11/h3H,4-5H2,1-2H3/b8-3-. The lowest BCUT2D eigenvalue weighted by molar-refractivity contribution is -0.141. The van der Waals surface area contributed by atoms with Gasteiger partial charge in [0.1, 0.15) is 13.2 Å². The number of rotatable bonds is 4. The zero-order chi connectivity index (χ0) is 10.3. The normalized spacial score (nSPS) is 10.8. The van der Waals surface area contributed by atoms with Crippen LogP contribution in [0.25, 0.3) is 0 Å². The topological polar surface area (TPSA) is 52.6 Å². The molecule has 4 nitrogen and oxygen atoms in total. The maximum absolute atomic E-state index is 10.3. The van der Waals surface area contributed by atoms with Crippen LogP contribution in [-0.4, -0.2) is 25.2 Å². The Labute approximate surface area is 81.5 Å². The molecule has 0 radical (unpaired) electrons. The van der Waals surface area contributed by atoms with E-state index in [-0.39, 0.29) is 19.2 Å². The number of carbonyl (C=O) groups is 2. The van der Waals surface area contributed by atoms with Gasteiger partial charge in [0.25, 0.3) is 0 Å². The predicted octanol–water partition coefficient (Wildman–Crippen LogP) is 1.24. The van der Waals surface area contributed by atoms with Gasteiger partial charge in [0.15, 0.2) is 0 Å². The smallest absolute Gasteiger partial charge is 0.302 e. The molecular weight excluding hydrogens is 196 g/mol. The molecule has 0 spiro atoms. The van der Waals surface area contributed by atoms with Crippen LogP contribution < -0.4 is 0 Å². The molecule has 0 atom stereocenters. The van der Waals surface area contributed by atoms with Gasteiger partial charge in [-0.05, 0) is 6.08 Å². The summed E-state index contributed by atoms with van der Waals surface area (Å²) in [4.78, 5) is 20.6. The lowest BCUT2D eigenvalue weighted by Gasteiger charge is -2.00. The maximum Gasteiger partial charge on any atom is 0.302 e. The summed E-state index contributed by atoms with van der Waals surface area (Å²) in [5.41, 5.74) is 0. The Kier molecular flexibility index (Phi) is 5.97. The van der Waals surface area contributed by atoms with Gasteiger partial charge in [-0.1, -0.05) is 11.6 Å². The van der Waals surface area contributed by atoms with Gasteiger partial charge in [-0.15, -0.1) is 0 Å². The number of carbonyl (C=O) groups excluding carboxylic acids is 2. The first kappa shape index (κ1) is 12.0. The van der Waals surface area contributed by atoms with Crippen molar-refractivity contribution in [2.45, 2.75) is 13.8 Å². The van der Waals surface area contributed by atoms with Gasteiger partial charge in [-0.25, -0.2) is 0 Å². The van der Waals surface area contributed by atoms with E-state index in [0.29, 0.717) is 5.03 Å². The van der Waals surface area contributed by atoms with Crippen molar-refractivity contribution < 1.29 is 19.1 Å². The Morgan fingerprint density at radius 2 is 1.77 bits per heavy atom. The maximum atomic E-state index is 10.3. The number of ether oxygens (including phenoxy) is 2. The predicted molar refractivity (Wildman–Crippen MR) is 47.2 cm³/mol. The summed E-state index contributed by atoms with van der Waals surface area (Å²) in [6.45, 7) is 2.69. The van der Waals surface area contributed by atoms with Crippen LogP contribution >= 0.6 is 11.6 Å². The van der Waals surface area contributed by atoms with Crippen molar-refractivity contribution in [2.75, 3.05) is 13.2 Å². The van der Waals surface area contributed by atoms with Crippen molar-refractivity contribution in [2.24, 2.45) is 0 Å². The summed E-state index contributed by atoms with van der Waals surface area (Å²) >= 11 is 5.60. The highest BCUT2D eigenvalue weighted by Gasteiger charge is 1.96. The van der Waals surface area contributed by atoms with Crippen LogP contribution in [0.15, 0.2) is 11.1 Å². The van der Waals surface area contributed by atoms with Crippen LogP contribution in [0, 0.1) is 0 Å². The molecule has 5 heteroatoms. The molecule has 0 saturated carbocycles. The van der Waals surface area contributed by atoms with E-state index in [4.69, 9.17) is 11.6 Å². The fourth-order valence-electron chi connectivity index (χ4n) is 0.479. The highest BCUT2D eigenvalue weighted by Crippen LogP contribution is 2.01. The second-order valence-corrected chi connectivity index (χ2v) is 2.72. The molecule has 0 aromatic carbocycles. The summed E-state index contributed by atoms with van der Waals surface area (Å²) in [6, 6.07) is 0. The molecule has 0 saturated heterocycles. The van der Waals surface area contributed by atoms with Gasteiger partial charge < -0.3 is 9.47 Å². The molecule has 0 aliphatic carbocycles. The third-order valence-electron chi connectivity index (χ3n) is 1.00. The van der Waals surface area contributed by atoms with E-state index in [1.807, 2.05) is 0 Å². The minimum atomic E-state index is -0.404. The highest BCUT2D eigenvalue weighted by molar-refractivity contribution is 6.29. The first-order valence-electron chi connectivity index (χ1n) is 3.63. The SMILES string of the molecule is CC(=O)OC/C=C(\Cl)COC(C)=O. The Morgan fingerprint density at radius 1 is 1.23 bits per heavy atom. The minimum Gasteiger partial charge on any atom is -0.462 e. The summed E-state index contributed by atoms with van der Waals surface area (Å²) < 4.78 is 9.16. The molecule has 0 aromatic heterocycles.